The van der Waals surface area contributed by atoms with Crippen LogP contribution in [-0.2, 0) is 9.47 Å². The average Bonchev–Trinajstić information content (AvgIpc) is 2.25. The van der Waals surface area contributed by atoms with Gasteiger partial charge in [-0.1, -0.05) is 19.1 Å². The zero-order valence-corrected chi connectivity index (χ0v) is 11.4. The maximum atomic E-state index is 5.62. The largest absolute Gasteiger partial charge is 0.393 e. The Morgan fingerprint density at radius 3 is 2.38 bits per heavy atom. The topological polar surface area (TPSA) is 47.7 Å². The highest BCUT2D eigenvalue weighted by Gasteiger charge is 2.11. The van der Waals surface area contributed by atoms with E-state index in [1.807, 2.05) is 0 Å². The Kier molecular flexibility index (Phi) is 9.82. The lowest BCUT2D eigenvalue weighted by Gasteiger charge is -2.24. The molecule has 2 N–H and O–H groups in total. The summed E-state index contributed by atoms with van der Waals surface area (Å²) in [6.07, 6.45) is 1.02. The molecule has 5 heteroatoms. The fourth-order valence-electron chi connectivity index (χ4n) is 1.42. The Labute approximate surface area is 104 Å². The Bertz CT molecular complexity index is 191. The van der Waals surface area contributed by atoms with E-state index in [2.05, 4.69) is 11.8 Å². The van der Waals surface area contributed by atoms with Crippen LogP contribution in [-0.4, -0.2) is 57.0 Å². The molecular weight excluding hydrogens is 224 g/mol. The number of rotatable bonds is 10. The van der Waals surface area contributed by atoms with Gasteiger partial charge in [0.1, 0.15) is 0 Å². The first-order valence-electron chi connectivity index (χ1n) is 5.61. The van der Waals surface area contributed by atoms with E-state index in [1.165, 1.54) is 0 Å². The zero-order chi connectivity index (χ0) is 12.4. The molecule has 0 saturated heterocycles. The third-order valence-corrected chi connectivity index (χ3v) is 2.85. The lowest BCUT2D eigenvalue weighted by atomic mass is 10.1. The number of thiocarbonyl (C=S) groups is 1. The SMILES string of the molecule is COCCCN(CCOC)CC(C)C(N)=S. The quantitative estimate of drug-likeness (QED) is 0.460. The predicted molar refractivity (Wildman–Crippen MR) is 70.8 cm³/mol. The van der Waals surface area contributed by atoms with Crippen LogP contribution in [0.3, 0.4) is 0 Å². The molecule has 0 aliphatic rings. The van der Waals surface area contributed by atoms with Gasteiger partial charge in [0.15, 0.2) is 0 Å². The predicted octanol–water partition coefficient (Wildman–Crippen LogP) is 0.894. The van der Waals surface area contributed by atoms with Crippen molar-refractivity contribution in [3.05, 3.63) is 0 Å². The summed E-state index contributed by atoms with van der Waals surface area (Å²) in [5.41, 5.74) is 5.62. The first kappa shape index (κ1) is 15.8. The summed E-state index contributed by atoms with van der Waals surface area (Å²) in [5, 5.41) is 0. The van der Waals surface area contributed by atoms with Crippen molar-refractivity contribution in [1.82, 2.24) is 4.90 Å². The van der Waals surface area contributed by atoms with Crippen LogP contribution < -0.4 is 5.73 Å². The maximum absolute atomic E-state index is 5.62. The molecule has 0 bridgehead atoms. The van der Waals surface area contributed by atoms with Gasteiger partial charge < -0.3 is 20.1 Å². The second-order valence-electron chi connectivity index (χ2n) is 3.94. The molecule has 0 aromatic rings. The molecule has 0 radical (unpaired) electrons. The minimum Gasteiger partial charge on any atom is -0.393 e. The van der Waals surface area contributed by atoms with Crippen molar-refractivity contribution >= 4 is 17.2 Å². The first-order valence-corrected chi connectivity index (χ1v) is 6.02. The molecule has 0 aromatic heterocycles. The van der Waals surface area contributed by atoms with Crippen LogP contribution in [0.1, 0.15) is 13.3 Å². The van der Waals surface area contributed by atoms with Crippen LogP contribution >= 0.6 is 12.2 Å². The number of nitrogens with two attached hydrogens (primary N) is 1. The van der Waals surface area contributed by atoms with Gasteiger partial charge in [0, 0.05) is 46.4 Å². The summed E-state index contributed by atoms with van der Waals surface area (Å²) < 4.78 is 10.1. The van der Waals surface area contributed by atoms with Crippen LogP contribution in [0, 0.1) is 5.92 Å². The van der Waals surface area contributed by atoms with Gasteiger partial charge in [0.25, 0.3) is 0 Å². The van der Waals surface area contributed by atoms with Crippen LogP contribution in [0.4, 0.5) is 0 Å². The van der Waals surface area contributed by atoms with Crippen molar-refractivity contribution < 1.29 is 9.47 Å². The second-order valence-corrected chi connectivity index (χ2v) is 4.41. The summed E-state index contributed by atoms with van der Waals surface area (Å²) in [6, 6.07) is 0. The van der Waals surface area contributed by atoms with E-state index in [0.29, 0.717) is 4.99 Å². The monoisotopic (exact) mass is 248 g/mol. The highest BCUT2D eigenvalue weighted by Crippen LogP contribution is 2.02. The highest BCUT2D eigenvalue weighted by molar-refractivity contribution is 7.80. The van der Waals surface area contributed by atoms with E-state index in [-0.39, 0.29) is 5.92 Å². The molecular formula is C11H24N2O2S. The Morgan fingerprint density at radius 2 is 1.88 bits per heavy atom. The molecule has 4 nitrogen and oxygen atoms in total. The van der Waals surface area contributed by atoms with Gasteiger partial charge in [0.2, 0.25) is 0 Å². The molecule has 0 amide bonds. The van der Waals surface area contributed by atoms with E-state index in [0.717, 1.165) is 39.3 Å². The zero-order valence-electron chi connectivity index (χ0n) is 10.6. The molecule has 0 aliphatic carbocycles. The summed E-state index contributed by atoms with van der Waals surface area (Å²) in [7, 11) is 3.43. The minimum atomic E-state index is 0.245. The van der Waals surface area contributed by atoms with Crippen LogP contribution in [0.5, 0.6) is 0 Å². The Hall–Kier alpha value is -0.230. The molecule has 0 fully saturated rings. The normalized spacial score (nSPS) is 13.0. The number of hydrogen-bond acceptors (Lipinski definition) is 4. The minimum absolute atomic E-state index is 0.245. The molecule has 16 heavy (non-hydrogen) atoms. The van der Waals surface area contributed by atoms with E-state index >= 15 is 0 Å². The van der Waals surface area contributed by atoms with Gasteiger partial charge in [-0.2, -0.15) is 0 Å². The van der Waals surface area contributed by atoms with Crippen molar-refractivity contribution in [2.45, 2.75) is 13.3 Å². The molecule has 0 heterocycles. The Balaban J connectivity index is 3.93. The van der Waals surface area contributed by atoms with E-state index in [4.69, 9.17) is 27.4 Å². The second kappa shape index (κ2) is 9.96. The van der Waals surface area contributed by atoms with Crippen molar-refractivity contribution in [2.75, 3.05) is 47.1 Å². The van der Waals surface area contributed by atoms with Crippen molar-refractivity contribution in [3.8, 4) is 0 Å². The lowest BCUT2D eigenvalue weighted by molar-refractivity contribution is 0.129. The molecule has 0 saturated carbocycles. The van der Waals surface area contributed by atoms with Gasteiger partial charge in [-0.25, -0.2) is 0 Å². The fourth-order valence-corrected chi connectivity index (χ4v) is 1.50. The molecule has 0 rings (SSSR count). The lowest BCUT2D eigenvalue weighted by Crippen LogP contribution is -2.36. The molecule has 1 unspecified atom stereocenters. The fraction of sp³-hybridized carbons (Fsp3) is 0.909. The summed E-state index contributed by atoms with van der Waals surface area (Å²) >= 11 is 4.98. The third kappa shape index (κ3) is 7.98. The van der Waals surface area contributed by atoms with Gasteiger partial charge >= 0.3 is 0 Å². The van der Waals surface area contributed by atoms with Gasteiger partial charge in [-0.05, 0) is 6.42 Å². The first-order chi connectivity index (χ1) is 7.61. The molecule has 1 atom stereocenters. The van der Waals surface area contributed by atoms with Crippen LogP contribution in [0.2, 0.25) is 0 Å². The van der Waals surface area contributed by atoms with Crippen molar-refractivity contribution in [2.24, 2.45) is 11.7 Å². The maximum Gasteiger partial charge on any atom is 0.0768 e. The number of hydrogen-bond donors (Lipinski definition) is 1. The van der Waals surface area contributed by atoms with Gasteiger partial charge in [0.05, 0.1) is 11.6 Å². The number of nitrogens with zero attached hydrogens (tertiary/aromatic N) is 1. The van der Waals surface area contributed by atoms with Gasteiger partial charge in [-0.15, -0.1) is 0 Å². The third-order valence-electron chi connectivity index (χ3n) is 2.45. The molecule has 96 valence electrons. The number of methoxy groups -OCH3 is 2. The smallest absolute Gasteiger partial charge is 0.0768 e. The standard InChI is InChI=1S/C11H24N2O2S/c1-10(11(12)16)9-13(6-8-15-3)5-4-7-14-2/h10H,4-9H2,1-3H3,(H2,12,16). The average molecular weight is 248 g/mol. The highest BCUT2D eigenvalue weighted by atomic mass is 32.1. The Morgan fingerprint density at radius 1 is 1.25 bits per heavy atom. The molecule has 0 aromatic carbocycles. The van der Waals surface area contributed by atoms with E-state index in [1.54, 1.807) is 14.2 Å². The summed E-state index contributed by atoms with van der Waals surface area (Å²) in [4.78, 5) is 2.89. The van der Waals surface area contributed by atoms with Crippen molar-refractivity contribution in [3.63, 3.8) is 0 Å². The molecule has 0 aliphatic heterocycles. The van der Waals surface area contributed by atoms with Crippen LogP contribution in [0.15, 0.2) is 0 Å². The van der Waals surface area contributed by atoms with E-state index in [9.17, 15) is 0 Å². The number of ether oxygens (including phenoxy) is 2. The van der Waals surface area contributed by atoms with Crippen molar-refractivity contribution in [1.29, 1.82) is 0 Å². The van der Waals surface area contributed by atoms with Crippen LogP contribution in [0.25, 0.3) is 0 Å². The molecule has 0 spiro atoms. The van der Waals surface area contributed by atoms with E-state index < -0.39 is 0 Å². The summed E-state index contributed by atoms with van der Waals surface area (Å²) in [6.45, 7) is 6.36. The van der Waals surface area contributed by atoms with Gasteiger partial charge in [-0.3, -0.25) is 0 Å². The summed E-state index contributed by atoms with van der Waals surface area (Å²) in [5.74, 6) is 0.245.